The fourth-order valence-corrected chi connectivity index (χ4v) is 2.97. The van der Waals surface area contributed by atoms with Gasteiger partial charge in [0.25, 0.3) is 0 Å². The first kappa shape index (κ1) is 14.4. The van der Waals surface area contributed by atoms with Crippen molar-refractivity contribution in [2.45, 2.75) is 0 Å². The monoisotopic (exact) mass is 320 g/mol. The van der Waals surface area contributed by atoms with Gasteiger partial charge in [-0.25, -0.2) is 9.18 Å². The second kappa shape index (κ2) is 5.45. The summed E-state index contributed by atoms with van der Waals surface area (Å²) in [6.45, 7) is 0. The van der Waals surface area contributed by atoms with Gasteiger partial charge < -0.3 is 9.30 Å². The molecule has 0 amide bonds. The third-order valence-electron chi connectivity index (χ3n) is 4.06. The first-order valence-corrected chi connectivity index (χ1v) is 7.42. The molecule has 0 aliphatic heterocycles. The molecule has 0 bridgehead atoms. The number of carbonyl (C=O) groups excluding carboxylic acids is 1. The molecule has 0 aliphatic rings. The number of halogens is 1. The number of rotatable bonds is 2. The fraction of sp³-hybridized carbons (Fsp3) is 0.0526. The molecule has 0 saturated heterocycles. The molecule has 4 nitrogen and oxygen atoms in total. The maximum atomic E-state index is 13.7. The lowest BCUT2D eigenvalue weighted by molar-refractivity contribution is 0.0603. The molecule has 24 heavy (non-hydrogen) atoms. The number of hydrogen-bond acceptors (Lipinski definition) is 3. The van der Waals surface area contributed by atoms with Crippen molar-refractivity contribution >= 4 is 27.8 Å². The van der Waals surface area contributed by atoms with Gasteiger partial charge in [0.2, 0.25) is 0 Å². The van der Waals surface area contributed by atoms with Gasteiger partial charge in [0.1, 0.15) is 5.82 Å². The average Bonchev–Trinajstić information content (AvgIpc) is 2.99. The van der Waals surface area contributed by atoms with Crippen molar-refractivity contribution in [3.05, 3.63) is 72.3 Å². The molecule has 4 aromatic rings. The van der Waals surface area contributed by atoms with Gasteiger partial charge in [-0.2, -0.15) is 0 Å². The Labute approximate surface area is 137 Å². The number of nitrogens with zero attached hydrogens (tertiary/aromatic N) is 2. The summed E-state index contributed by atoms with van der Waals surface area (Å²) in [6.07, 6.45) is 3.39. The van der Waals surface area contributed by atoms with Crippen molar-refractivity contribution in [3.8, 4) is 5.69 Å². The minimum atomic E-state index is -0.497. The molecule has 2 aromatic carbocycles. The van der Waals surface area contributed by atoms with Crippen LogP contribution >= 0.6 is 0 Å². The van der Waals surface area contributed by atoms with Crippen LogP contribution in [-0.4, -0.2) is 22.6 Å². The summed E-state index contributed by atoms with van der Waals surface area (Å²) in [5, 5.41) is 1.46. The molecule has 0 N–H and O–H groups in total. The lowest BCUT2D eigenvalue weighted by Gasteiger charge is -2.08. The highest BCUT2D eigenvalue weighted by Gasteiger charge is 2.18. The van der Waals surface area contributed by atoms with Crippen molar-refractivity contribution in [2.75, 3.05) is 7.11 Å². The Hall–Kier alpha value is -3.21. The van der Waals surface area contributed by atoms with Crippen LogP contribution in [0.2, 0.25) is 0 Å². The molecule has 0 aliphatic carbocycles. The Balaban J connectivity index is 2.08. The number of methoxy groups -OCH3 is 1. The van der Waals surface area contributed by atoms with Crippen LogP contribution in [0.1, 0.15) is 10.4 Å². The Kier molecular flexibility index (Phi) is 3.27. The molecular formula is C19H13FN2O2. The predicted octanol–water partition coefficient (Wildman–Crippen LogP) is 4.10. The second-order valence-electron chi connectivity index (χ2n) is 5.41. The SMILES string of the molecule is COC(=O)c1cn(-c2ccnc3ccccc23)c2ccc(F)cc12. The van der Waals surface area contributed by atoms with Crippen LogP contribution in [0, 0.1) is 5.82 Å². The molecule has 0 atom stereocenters. The van der Waals surface area contributed by atoms with Crippen molar-refractivity contribution in [2.24, 2.45) is 0 Å². The van der Waals surface area contributed by atoms with Gasteiger partial charge in [-0.15, -0.1) is 0 Å². The molecule has 0 radical (unpaired) electrons. The standard InChI is InChI=1S/C19H13FN2O2/c1-24-19(23)15-11-22(17-7-6-12(20)10-14(15)17)18-8-9-21-16-5-3-2-4-13(16)18/h2-11H,1H3. The molecular weight excluding hydrogens is 307 g/mol. The maximum absolute atomic E-state index is 13.7. The average molecular weight is 320 g/mol. The maximum Gasteiger partial charge on any atom is 0.340 e. The number of esters is 1. The highest BCUT2D eigenvalue weighted by molar-refractivity contribution is 6.05. The predicted molar refractivity (Wildman–Crippen MR) is 89.9 cm³/mol. The molecule has 5 heteroatoms. The number of hydrogen-bond donors (Lipinski definition) is 0. The lowest BCUT2D eigenvalue weighted by Crippen LogP contribution is -2.00. The first-order valence-electron chi connectivity index (χ1n) is 7.42. The topological polar surface area (TPSA) is 44.1 Å². The highest BCUT2D eigenvalue weighted by atomic mass is 19.1. The zero-order chi connectivity index (χ0) is 16.7. The number of carbonyl (C=O) groups is 1. The van der Waals surface area contributed by atoms with E-state index in [4.69, 9.17) is 4.74 Å². The van der Waals surface area contributed by atoms with Crippen LogP contribution in [0.15, 0.2) is 60.9 Å². The largest absolute Gasteiger partial charge is 0.465 e. The van der Waals surface area contributed by atoms with E-state index in [1.165, 1.54) is 19.2 Å². The second-order valence-corrected chi connectivity index (χ2v) is 5.41. The van der Waals surface area contributed by atoms with E-state index >= 15 is 0 Å². The Morgan fingerprint density at radius 3 is 2.79 bits per heavy atom. The Bertz CT molecular complexity index is 1080. The summed E-state index contributed by atoms with van der Waals surface area (Å²) in [6, 6.07) is 14.0. The third-order valence-corrected chi connectivity index (χ3v) is 4.06. The van der Waals surface area contributed by atoms with Gasteiger partial charge in [-0.05, 0) is 30.3 Å². The Morgan fingerprint density at radius 2 is 1.96 bits per heavy atom. The molecule has 0 spiro atoms. The van der Waals surface area contributed by atoms with Gasteiger partial charge in [0, 0.05) is 23.2 Å². The van der Waals surface area contributed by atoms with Crippen molar-refractivity contribution in [1.82, 2.24) is 9.55 Å². The highest BCUT2D eigenvalue weighted by Crippen LogP contribution is 2.29. The van der Waals surface area contributed by atoms with Gasteiger partial charge in [0.05, 0.1) is 29.4 Å². The van der Waals surface area contributed by atoms with Gasteiger partial charge >= 0.3 is 5.97 Å². The van der Waals surface area contributed by atoms with E-state index in [9.17, 15) is 9.18 Å². The van der Waals surface area contributed by atoms with Gasteiger partial charge in [0.15, 0.2) is 0 Å². The van der Waals surface area contributed by atoms with Gasteiger partial charge in [-0.1, -0.05) is 18.2 Å². The van der Waals surface area contributed by atoms with Crippen LogP contribution < -0.4 is 0 Å². The number of aromatic nitrogens is 2. The minimum absolute atomic E-state index is 0.327. The fourth-order valence-electron chi connectivity index (χ4n) is 2.97. The molecule has 118 valence electrons. The molecule has 0 unspecified atom stereocenters. The number of pyridine rings is 1. The van der Waals surface area contributed by atoms with E-state index in [-0.39, 0.29) is 0 Å². The molecule has 4 rings (SSSR count). The van der Waals surface area contributed by atoms with Crippen molar-refractivity contribution in [1.29, 1.82) is 0 Å². The molecule has 0 saturated carbocycles. The van der Waals surface area contributed by atoms with E-state index in [2.05, 4.69) is 4.98 Å². The lowest BCUT2D eigenvalue weighted by atomic mass is 10.1. The van der Waals surface area contributed by atoms with E-state index in [1.54, 1.807) is 18.5 Å². The summed E-state index contributed by atoms with van der Waals surface area (Å²) in [5.74, 6) is -0.896. The van der Waals surface area contributed by atoms with Crippen LogP contribution in [0.3, 0.4) is 0 Å². The zero-order valence-electron chi connectivity index (χ0n) is 12.9. The minimum Gasteiger partial charge on any atom is -0.465 e. The number of para-hydroxylation sites is 1. The number of ether oxygens (including phenoxy) is 1. The van der Waals surface area contributed by atoms with Crippen LogP contribution in [0.25, 0.3) is 27.5 Å². The molecule has 2 heterocycles. The van der Waals surface area contributed by atoms with Gasteiger partial charge in [-0.3, -0.25) is 4.98 Å². The van der Waals surface area contributed by atoms with Crippen LogP contribution in [0.4, 0.5) is 4.39 Å². The number of fused-ring (bicyclic) bond motifs is 2. The number of benzene rings is 2. The quantitative estimate of drug-likeness (QED) is 0.522. The molecule has 0 fully saturated rings. The summed E-state index contributed by atoms with van der Waals surface area (Å²) >= 11 is 0. The normalized spacial score (nSPS) is 11.1. The molecule has 2 aromatic heterocycles. The summed E-state index contributed by atoms with van der Waals surface area (Å²) in [7, 11) is 1.31. The smallest absolute Gasteiger partial charge is 0.340 e. The third kappa shape index (κ3) is 2.13. The van der Waals surface area contributed by atoms with E-state index in [1.807, 2.05) is 34.9 Å². The van der Waals surface area contributed by atoms with E-state index in [0.717, 1.165) is 22.1 Å². The van der Waals surface area contributed by atoms with Crippen molar-refractivity contribution in [3.63, 3.8) is 0 Å². The van der Waals surface area contributed by atoms with Crippen LogP contribution in [-0.2, 0) is 4.74 Å². The van der Waals surface area contributed by atoms with E-state index < -0.39 is 11.8 Å². The summed E-state index contributed by atoms with van der Waals surface area (Å²) in [5.41, 5.74) is 2.77. The summed E-state index contributed by atoms with van der Waals surface area (Å²) in [4.78, 5) is 16.4. The van der Waals surface area contributed by atoms with Crippen LogP contribution in [0.5, 0.6) is 0 Å². The van der Waals surface area contributed by atoms with Crippen molar-refractivity contribution < 1.29 is 13.9 Å². The zero-order valence-corrected chi connectivity index (χ0v) is 12.9. The summed E-state index contributed by atoms with van der Waals surface area (Å²) < 4.78 is 20.4. The first-order chi connectivity index (χ1) is 11.7. The Morgan fingerprint density at radius 1 is 1.12 bits per heavy atom. The van der Waals surface area contributed by atoms with E-state index in [0.29, 0.717) is 10.9 Å².